The second-order valence-corrected chi connectivity index (χ2v) is 6.74. The quantitative estimate of drug-likeness (QED) is 0.181. The molecule has 0 saturated heterocycles. The number of carbonyl (C=O) groups excluding carboxylic acids is 3. The molecule has 0 aliphatic rings. The summed E-state index contributed by atoms with van der Waals surface area (Å²) in [5.41, 5.74) is 5.17. The van der Waals surface area contributed by atoms with E-state index in [9.17, 15) is 24.5 Å². The van der Waals surface area contributed by atoms with Gasteiger partial charge in [0.25, 0.3) is 17.5 Å². The maximum Gasteiger partial charge on any atom is 0.343 e. The number of nitrogens with zero attached hydrogens (tertiary/aromatic N) is 1. The summed E-state index contributed by atoms with van der Waals surface area (Å²) in [6.07, 6.45) is 2.57. The highest BCUT2D eigenvalue weighted by atomic mass is 16.6. The van der Waals surface area contributed by atoms with Crippen molar-refractivity contribution in [2.24, 2.45) is 0 Å². The van der Waals surface area contributed by atoms with E-state index in [1.807, 2.05) is 0 Å². The zero-order valence-corrected chi connectivity index (χ0v) is 17.9. The number of carbonyl (C=O) groups is 3. The molecule has 0 unspecified atom stereocenters. The minimum atomic E-state index is -0.648. The van der Waals surface area contributed by atoms with E-state index in [1.54, 1.807) is 48.5 Å². The Morgan fingerprint density at radius 2 is 1.53 bits per heavy atom. The minimum Gasteiger partial charge on any atom is -0.497 e. The van der Waals surface area contributed by atoms with Crippen LogP contribution in [0, 0.1) is 10.1 Å². The summed E-state index contributed by atoms with van der Waals surface area (Å²) >= 11 is 0. The number of nitrogens with one attached hydrogen (secondary N) is 2. The van der Waals surface area contributed by atoms with Crippen LogP contribution in [0.2, 0.25) is 0 Å². The average molecular weight is 461 g/mol. The third kappa shape index (κ3) is 6.26. The number of ether oxygens (including phenoxy) is 2. The Kier molecular flexibility index (Phi) is 7.69. The van der Waals surface area contributed by atoms with Crippen molar-refractivity contribution in [2.45, 2.75) is 0 Å². The Labute approximate surface area is 193 Å². The number of methoxy groups -OCH3 is 1. The summed E-state index contributed by atoms with van der Waals surface area (Å²) in [5.74, 6) is -1.03. The van der Waals surface area contributed by atoms with Gasteiger partial charge in [0.15, 0.2) is 0 Å². The zero-order chi connectivity index (χ0) is 24.5. The normalized spacial score (nSPS) is 10.4. The molecule has 3 aromatic carbocycles. The van der Waals surface area contributed by atoms with Crippen LogP contribution in [0.5, 0.6) is 11.5 Å². The van der Waals surface area contributed by atoms with Gasteiger partial charge in [-0.1, -0.05) is 18.2 Å². The Balaban J connectivity index is 1.59. The first-order chi connectivity index (χ1) is 16.4. The lowest BCUT2D eigenvalue weighted by atomic mass is 10.1. The second-order valence-electron chi connectivity index (χ2n) is 6.74. The van der Waals surface area contributed by atoms with Gasteiger partial charge in [0, 0.05) is 29.3 Å². The van der Waals surface area contributed by atoms with Gasteiger partial charge in [-0.15, -0.1) is 0 Å². The van der Waals surface area contributed by atoms with E-state index in [0.29, 0.717) is 16.9 Å². The zero-order valence-electron chi connectivity index (χ0n) is 17.9. The first-order valence-corrected chi connectivity index (χ1v) is 9.85. The monoisotopic (exact) mass is 461 g/mol. The maximum atomic E-state index is 12.4. The number of hydrazine groups is 1. The van der Waals surface area contributed by atoms with Crippen molar-refractivity contribution in [3.8, 4) is 11.5 Å². The molecule has 0 bridgehead atoms. The summed E-state index contributed by atoms with van der Waals surface area (Å²) in [6.45, 7) is 0. The number of nitro benzene ring substituents is 1. The number of hydrogen-bond acceptors (Lipinski definition) is 7. The summed E-state index contributed by atoms with van der Waals surface area (Å²) in [6, 6.07) is 17.9. The Hall–Kier alpha value is -4.99. The number of amides is 2. The fourth-order valence-electron chi connectivity index (χ4n) is 2.73. The molecule has 0 aliphatic carbocycles. The van der Waals surface area contributed by atoms with E-state index in [4.69, 9.17) is 9.47 Å². The van der Waals surface area contributed by atoms with Gasteiger partial charge in [0.05, 0.1) is 17.6 Å². The van der Waals surface area contributed by atoms with E-state index < -0.39 is 22.7 Å². The average Bonchev–Trinajstić information content (AvgIpc) is 2.86. The third-order valence-electron chi connectivity index (χ3n) is 4.50. The molecule has 0 atom stereocenters. The molecular formula is C24H19N3O7. The fraction of sp³-hybridized carbons (Fsp3) is 0.0417. The first kappa shape index (κ1) is 23.7. The number of para-hydroxylation sites is 1. The number of nitro groups is 1. The largest absolute Gasteiger partial charge is 0.497 e. The van der Waals surface area contributed by atoms with Crippen molar-refractivity contribution in [1.29, 1.82) is 0 Å². The molecule has 172 valence electrons. The molecule has 0 saturated carbocycles. The molecular weight excluding hydrogens is 442 g/mol. The van der Waals surface area contributed by atoms with E-state index in [-0.39, 0.29) is 17.0 Å². The van der Waals surface area contributed by atoms with E-state index in [1.165, 1.54) is 37.5 Å². The molecule has 2 N–H and O–H groups in total. The predicted octanol–water partition coefficient (Wildman–Crippen LogP) is 3.30. The molecule has 0 spiro atoms. The van der Waals surface area contributed by atoms with Crippen LogP contribution < -0.4 is 20.3 Å². The van der Waals surface area contributed by atoms with Crippen LogP contribution in [0.15, 0.2) is 78.9 Å². The van der Waals surface area contributed by atoms with E-state index in [2.05, 4.69) is 10.9 Å². The minimum absolute atomic E-state index is 0.130. The topological polar surface area (TPSA) is 137 Å². The van der Waals surface area contributed by atoms with Crippen LogP contribution in [0.3, 0.4) is 0 Å². The summed E-state index contributed by atoms with van der Waals surface area (Å²) in [4.78, 5) is 46.7. The van der Waals surface area contributed by atoms with Gasteiger partial charge < -0.3 is 9.47 Å². The lowest BCUT2D eigenvalue weighted by Crippen LogP contribution is -2.40. The molecule has 0 heterocycles. The van der Waals surface area contributed by atoms with Crippen LogP contribution in [0.1, 0.15) is 26.3 Å². The summed E-state index contributed by atoms with van der Waals surface area (Å²) in [5, 5.41) is 10.7. The van der Waals surface area contributed by atoms with Crippen molar-refractivity contribution in [2.75, 3.05) is 7.11 Å². The molecule has 3 aromatic rings. The van der Waals surface area contributed by atoms with E-state index in [0.717, 1.165) is 6.08 Å². The molecule has 0 aromatic heterocycles. The highest BCUT2D eigenvalue weighted by molar-refractivity contribution is 5.98. The molecule has 2 amide bonds. The Morgan fingerprint density at radius 3 is 2.18 bits per heavy atom. The number of non-ortho nitro benzene ring substituents is 1. The summed E-state index contributed by atoms with van der Waals surface area (Å²) < 4.78 is 10.5. The van der Waals surface area contributed by atoms with Crippen molar-refractivity contribution >= 4 is 29.5 Å². The molecule has 0 radical (unpaired) electrons. The highest BCUT2D eigenvalue weighted by Gasteiger charge is 2.12. The molecule has 0 aliphatic heterocycles. The predicted molar refractivity (Wildman–Crippen MR) is 122 cm³/mol. The van der Waals surface area contributed by atoms with Gasteiger partial charge in [-0.3, -0.25) is 30.6 Å². The van der Waals surface area contributed by atoms with Crippen LogP contribution in [0.25, 0.3) is 6.08 Å². The molecule has 0 fully saturated rings. The number of esters is 1. The smallest absolute Gasteiger partial charge is 0.343 e. The van der Waals surface area contributed by atoms with Crippen molar-refractivity contribution in [1.82, 2.24) is 10.9 Å². The SMILES string of the molecule is COc1ccc(C(=O)Oc2ccccc2/C=C/C(=O)NNC(=O)c2ccc([N+](=O)[O-])cc2)cc1. The lowest BCUT2D eigenvalue weighted by molar-refractivity contribution is -0.384. The molecule has 3 rings (SSSR count). The van der Waals surface area contributed by atoms with Gasteiger partial charge in [-0.2, -0.15) is 0 Å². The second kappa shape index (κ2) is 11.0. The van der Waals surface area contributed by atoms with Crippen molar-refractivity contribution < 1.29 is 28.8 Å². The van der Waals surface area contributed by atoms with Crippen molar-refractivity contribution in [3.63, 3.8) is 0 Å². The molecule has 10 nitrogen and oxygen atoms in total. The first-order valence-electron chi connectivity index (χ1n) is 9.85. The van der Waals surface area contributed by atoms with Gasteiger partial charge in [0.1, 0.15) is 11.5 Å². The summed E-state index contributed by atoms with van der Waals surface area (Å²) in [7, 11) is 1.52. The van der Waals surface area contributed by atoms with E-state index >= 15 is 0 Å². The maximum absolute atomic E-state index is 12.4. The van der Waals surface area contributed by atoms with Crippen LogP contribution in [-0.2, 0) is 4.79 Å². The fourth-order valence-corrected chi connectivity index (χ4v) is 2.73. The third-order valence-corrected chi connectivity index (χ3v) is 4.50. The van der Waals surface area contributed by atoms with Gasteiger partial charge in [0.2, 0.25) is 0 Å². The number of hydrogen-bond donors (Lipinski definition) is 2. The number of benzene rings is 3. The van der Waals surface area contributed by atoms with Gasteiger partial charge in [-0.25, -0.2) is 4.79 Å². The van der Waals surface area contributed by atoms with Crippen LogP contribution in [-0.4, -0.2) is 29.8 Å². The van der Waals surface area contributed by atoms with Crippen LogP contribution in [0.4, 0.5) is 5.69 Å². The lowest BCUT2D eigenvalue weighted by Gasteiger charge is -2.08. The van der Waals surface area contributed by atoms with Crippen LogP contribution >= 0.6 is 0 Å². The van der Waals surface area contributed by atoms with Gasteiger partial charge >= 0.3 is 5.97 Å². The Bertz CT molecular complexity index is 1240. The Morgan fingerprint density at radius 1 is 0.882 bits per heavy atom. The molecule has 34 heavy (non-hydrogen) atoms. The highest BCUT2D eigenvalue weighted by Crippen LogP contribution is 2.21. The standard InChI is InChI=1S/C24H19N3O7/c1-33-20-13-8-18(9-14-20)24(30)34-21-5-3-2-4-16(21)10-15-22(28)25-26-23(29)17-6-11-19(12-7-17)27(31)32/h2-15H,1H3,(H,25,28)(H,26,29)/b15-10+. The molecule has 10 heteroatoms. The van der Waals surface area contributed by atoms with Gasteiger partial charge in [-0.05, 0) is 48.5 Å². The number of rotatable bonds is 7. The van der Waals surface area contributed by atoms with Crippen molar-refractivity contribution in [3.05, 3.63) is 106 Å².